The fourth-order valence-electron chi connectivity index (χ4n) is 1.96. The molecule has 4 heteroatoms. The first-order chi connectivity index (χ1) is 10.1. The molecule has 2 rings (SSSR count). The maximum Gasteiger partial charge on any atom is 0.226 e. The molecule has 0 spiro atoms. The number of benzene rings is 2. The number of nitrogens with zero attached hydrogens (tertiary/aromatic N) is 1. The molecule has 0 aliphatic rings. The third kappa shape index (κ3) is 4.84. The number of hydrogen-bond donors (Lipinski definition) is 1. The van der Waals surface area contributed by atoms with Gasteiger partial charge in [-0.05, 0) is 29.8 Å². The van der Waals surface area contributed by atoms with E-state index in [0.29, 0.717) is 25.3 Å². The highest BCUT2D eigenvalue weighted by Crippen LogP contribution is 2.13. The highest BCUT2D eigenvalue weighted by atomic mass is 16.5. The van der Waals surface area contributed by atoms with Crippen molar-refractivity contribution in [3.05, 3.63) is 60.2 Å². The lowest BCUT2D eigenvalue weighted by molar-refractivity contribution is -0.130. The Balaban J connectivity index is 1.75. The van der Waals surface area contributed by atoms with E-state index in [0.717, 1.165) is 11.3 Å². The van der Waals surface area contributed by atoms with Gasteiger partial charge in [-0.25, -0.2) is 0 Å². The Hall–Kier alpha value is -2.49. The normalized spacial score (nSPS) is 10.1. The maximum atomic E-state index is 12.0. The van der Waals surface area contributed by atoms with E-state index < -0.39 is 0 Å². The van der Waals surface area contributed by atoms with E-state index in [1.165, 1.54) is 0 Å². The molecule has 0 atom stereocenters. The van der Waals surface area contributed by atoms with Gasteiger partial charge in [-0.3, -0.25) is 4.79 Å². The van der Waals surface area contributed by atoms with E-state index in [2.05, 4.69) is 0 Å². The van der Waals surface area contributed by atoms with Crippen LogP contribution < -0.4 is 10.5 Å². The van der Waals surface area contributed by atoms with Crippen LogP contribution in [0.1, 0.15) is 12.0 Å². The average Bonchev–Trinajstić information content (AvgIpc) is 2.50. The summed E-state index contributed by atoms with van der Waals surface area (Å²) in [4.78, 5) is 13.7. The molecule has 0 aliphatic heterocycles. The van der Waals surface area contributed by atoms with Crippen LogP contribution in [0.2, 0.25) is 0 Å². The largest absolute Gasteiger partial charge is 0.493 e. The van der Waals surface area contributed by atoms with Crippen molar-refractivity contribution in [1.29, 1.82) is 0 Å². The number of carbonyl (C=O) groups excluding carboxylic acids is 1. The van der Waals surface area contributed by atoms with Gasteiger partial charge in [0.1, 0.15) is 5.75 Å². The smallest absolute Gasteiger partial charge is 0.226 e. The lowest BCUT2D eigenvalue weighted by Gasteiger charge is -2.17. The number of nitrogen functional groups attached to an aromatic ring is 1. The van der Waals surface area contributed by atoms with Gasteiger partial charge in [0.2, 0.25) is 5.91 Å². The zero-order valence-corrected chi connectivity index (χ0v) is 12.2. The lowest BCUT2D eigenvalue weighted by atomic mass is 10.2. The van der Waals surface area contributed by atoms with Crippen molar-refractivity contribution in [2.75, 3.05) is 19.4 Å². The predicted octanol–water partition coefficient (Wildman–Crippen LogP) is 2.70. The highest BCUT2D eigenvalue weighted by Gasteiger charge is 2.09. The van der Waals surface area contributed by atoms with Crippen LogP contribution in [-0.2, 0) is 11.3 Å². The summed E-state index contributed by atoms with van der Waals surface area (Å²) in [6.45, 7) is 0.976. The summed E-state index contributed by atoms with van der Waals surface area (Å²) in [5.41, 5.74) is 7.41. The molecular weight excluding hydrogens is 264 g/mol. The second-order valence-corrected chi connectivity index (χ2v) is 4.90. The fourth-order valence-corrected chi connectivity index (χ4v) is 1.96. The molecule has 110 valence electrons. The Morgan fingerprint density at radius 3 is 2.43 bits per heavy atom. The van der Waals surface area contributed by atoms with Crippen molar-refractivity contribution in [2.24, 2.45) is 0 Å². The summed E-state index contributed by atoms with van der Waals surface area (Å²) in [6, 6.07) is 17.1. The van der Waals surface area contributed by atoms with Crippen molar-refractivity contribution in [3.8, 4) is 5.75 Å². The van der Waals surface area contributed by atoms with Gasteiger partial charge in [-0.15, -0.1) is 0 Å². The highest BCUT2D eigenvalue weighted by molar-refractivity contribution is 5.76. The molecule has 21 heavy (non-hydrogen) atoms. The first-order valence-corrected chi connectivity index (χ1v) is 6.91. The van der Waals surface area contributed by atoms with E-state index in [1.807, 2.05) is 30.3 Å². The van der Waals surface area contributed by atoms with Gasteiger partial charge in [0, 0.05) is 19.3 Å². The van der Waals surface area contributed by atoms with Gasteiger partial charge in [-0.2, -0.15) is 0 Å². The first kappa shape index (κ1) is 14.9. The van der Waals surface area contributed by atoms with Crippen LogP contribution in [0.5, 0.6) is 5.75 Å². The number of anilines is 1. The van der Waals surface area contributed by atoms with E-state index >= 15 is 0 Å². The fraction of sp³-hybridized carbons (Fsp3) is 0.235. The number of rotatable bonds is 6. The molecule has 0 radical (unpaired) electrons. The molecule has 2 aromatic carbocycles. The first-order valence-electron chi connectivity index (χ1n) is 6.91. The minimum atomic E-state index is 0.0642. The van der Waals surface area contributed by atoms with Crippen LogP contribution in [0.15, 0.2) is 54.6 Å². The van der Waals surface area contributed by atoms with Gasteiger partial charge in [0.05, 0.1) is 13.0 Å². The quantitative estimate of drug-likeness (QED) is 0.830. The van der Waals surface area contributed by atoms with E-state index in [1.54, 1.807) is 36.2 Å². The van der Waals surface area contributed by atoms with E-state index in [9.17, 15) is 4.79 Å². The Morgan fingerprint density at radius 2 is 1.76 bits per heavy atom. The van der Waals surface area contributed by atoms with E-state index in [4.69, 9.17) is 10.5 Å². The molecule has 0 heterocycles. The van der Waals surface area contributed by atoms with Crippen molar-refractivity contribution in [2.45, 2.75) is 13.0 Å². The summed E-state index contributed by atoms with van der Waals surface area (Å²) in [6.07, 6.45) is 0.355. The van der Waals surface area contributed by atoms with Crippen molar-refractivity contribution < 1.29 is 9.53 Å². The standard InChI is InChI=1S/C17H20N2O2/c1-19(13-14-5-3-2-4-6-14)17(20)11-12-21-16-9-7-15(18)8-10-16/h2-10H,11-13,18H2,1H3. The molecule has 2 N–H and O–H groups in total. The van der Waals surface area contributed by atoms with Gasteiger partial charge in [-0.1, -0.05) is 30.3 Å². The van der Waals surface area contributed by atoms with Crippen LogP contribution in [0.4, 0.5) is 5.69 Å². The third-order valence-electron chi connectivity index (χ3n) is 3.15. The van der Waals surface area contributed by atoms with Crippen LogP contribution in [0.25, 0.3) is 0 Å². The molecule has 1 amide bonds. The Bertz CT molecular complexity index is 567. The predicted molar refractivity (Wildman–Crippen MR) is 83.9 cm³/mol. The summed E-state index contributed by atoms with van der Waals surface area (Å²) >= 11 is 0. The molecule has 0 saturated heterocycles. The second kappa shape index (κ2) is 7.33. The molecule has 0 aliphatic carbocycles. The lowest BCUT2D eigenvalue weighted by Crippen LogP contribution is -2.27. The number of amides is 1. The molecule has 0 unspecified atom stereocenters. The molecule has 0 aromatic heterocycles. The third-order valence-corrected chi connectivity index (χ3v) is 3.15. The molecule has 4 nitrogen and oxygen atoms in total. The van der Waals surface area contributed by atoms with Gasteiger partial charge >= 0.3 is 0 Å². The summed E-state index contributed by atoms with van der Waals surface area (Å²) in [5.74, 6) is 0.789. The summed E-state index contributed by atoms with van der Waals surface area (Å²) in [5, 5.41) is 0. The topological polar surface area (TPSA) is 55.6 Å². The monoisotopic (exact) mass is 284 g/mol. The number of hydrogen-bond acceptors (Lipinski definition) is 3. The van der Waals surface area contributed by atoms with Crippen molar-refractivity contribution in [1.82, 2.24) is 4.90 Å². The maximum absolute atomic E-state index is 12.0. The molecule has 0 saturated carbocycles. The van der Waals surface area contributed by atoms with Crippen LogP contribution >= 0.6 is 0 Å². The molecule has 0 bridgehead atoms. The Morgan fingerprint density at radius 1 is 1.10 bits per heavy atom. The minimum absolute atomic E-state index is 0.0642. The van der Waals surface area contributed by atoms with Crippen LogP contribution in [-0.4, -0.2) is 24.5 Å². The molecule has 2 aromatic rings. The Labute approximate surface area is 125 Å². The van der Waals surface area contributed by atoms with Gasteiger partial charge < -0.3 is 15.4 Å². The Kier molecular flexibility index (Phi) is 5.21. The summed E-state index contributed by atoms with van der Waals surface area (Å²) in [7, 11) is 1.80. The number of carbonyl (C=O) groups is 1. The zero-order chi connectivity index (χ0) is 15.1. The minimum Gasteiger partial charge on any atom is -0.493 e. The van der Waals surface area contributed by atoms with E-state index in [-0.39, 0.29) is 5.91 Å². The zero-order valence-electron chi connectivity index (χ0n) is 12.2. The van der Waals surface area contributed by atoms with Gasteiger partial charge in [0.25, 0.3) is 0 Å². The number of nitrogens with two attached hydrogens (primary N) is 1. The number of ether oxygens (including phenoxy) is 1. The summed E-state index contributed by atoms with van der Waals surface area (Å²) < 4.78 is 5.53. The second-order valence-electron chi connectivity index (χ2n) is 4.90. The van der Waals surface area contributed by atoms with Crippen LogP contribution in [0, 0.1) is 0 Å². The molecular formula is C17H20N2O2. The average molecular weight is 284 g/mol. The SMILES string of the molecule is CN(Cc1ccccc1)C(=O)CCOc1ccc(N)cc1. The van der Waals surface area contributed by atoms with Crippen LogP contribution in [0.3, 0.4) is 0 Å². The molecule has 0 fully saturated rings. The van der Waals surface area contributed by atoms with Gasteiger partial charge in [0.15, 0.2) is 0 Å². The van der Waals surface area contributed by atoms with Crippen molar-refractivity contribution in [3.63, 3.8) is 0 Å². The van der Waals surface area contributed by atoms with Crippen molar-refractivity contribution >= 4 is 11.6 Å².